The molecule has 2 aromatic heterocycles. The topological polar surface area (TPSA) is 65.1 Å². The van der Waals surface area contributed by atoms with Crippen LogP contribution in [0.1, 0.15) is 30.7 Å². The van der Waals surface area contributed by atoms with Crippen LogP contribution < -0.4 is 11.2 Å². The van der Waals surface area contributed by atoms with Crippen LogP contribution in [0.5, 0.6) is 0 Å². The molecule has 29 heavy (non-hydrogen) atoms. The van der Waals surface area contributed by atoms with E-state index in [1.165, 1.54) is 30.9 Å². The van der Waals surface area contributed by atoms with Gasteiger partial charge in [-0.25, -0.2) is 9.78 Å². The van der Waals surface area contributed by atoms with Gasteiger partial charge in [-0.05, 0) is 31.5 Å². The third kappa shape index (κ3) is 3.82. The molecule has 3 heterocycles. The van der Waals surface area contributed by atoms with E-state index in [2.05, 4.69) is 4.90 Å². The molecule has 3 aromatic rings. The number of imidazole rings is 1. The Labute approximate surface area is 169 Å². The molecule has 1 fully saturated rings. The maximum atomic E-state index is 12.9. The van der Waals surface area contributed by atoms with Gasteiger partial charge in [-0.1, -0.05) is 48.9 Å². The summed E-state index contributed by atoms with van der Waals surface area (Å²) in [5.74, 6) is 0.831. The summed E-state index contributed by atoms with van der Waals surface area (Å²) in [6.07, 6.45) is 7.73. The first-order valence-corrected chi connectivity index (χ1v) is 10.2. The molecule has 1 saturated heterocycles. The van der Waals surface area contributed by atoms with Crippen molar-refractivity contribution in [1.82, 2.24) is 23.6 Å². The van der Waals surface area contributed by atoms with Crippen molar-refractivity contribution < 1.29 is 0 Å². The monoisotopic (exact) mass is 393 g/mol. The van der Waals surface area contributed by atoms with E-state index < -0.39 is 0 Å². The second-order valence-electron chi connectivity index (χ2n) is 7.67. The highest BCUT2D eigenvalue weighted by molar-refractivity contribution is 5.71. The third-order valence-corrected chi connectivity index (χ3v) is 5.64. The number of hydrogen-bond donors (Lipinski definition) is 0. The molecule has 0 unspecified atom stereocenters. The van der Waals surface area contributed by atoms with Crippen LogP contribution in [0, 0.1) is 0 Å². The summed E-state index contributed by atoms with van der Waals surface area (Å²) in [5.41, 5.74) is 1.40. The molecule has 0 spiro atoms. The number of hydrogen-bond acceptors (Lipinski definition) is 4. The summed E-state index contributed by atoms with van der Waals surface area (Å²) in [6, 6.07) is 10.1. The molecule has 1 aromatic carbocycles. The fourth-order valence-corrected chi connectivity index (χ4v) is 3.98. The number of likely N-dealkylation sites (tertiary alicyclic amines) is 1. The summed E-state index contributed by atoms with van der Waals surface area (Å²) in [5, 5.41) is 0. The first-order valence-electron chi connectivity index (χ1n) is 10.2. The Morgan fingerprint density at radius 3 is 2.45 bits per heavy atom. The van der Waals surface area contributed by atoms with Crippen molar-refractivity contribution >= 4 is 17.2 Å². The van der Waals surface area contributed by atoms with Gasteiger partial charge in [0.25, 0.3) is 5.56 Å². The minimum atomic E-state index is -0.350. The van der Waals surface area contributed by atoms with Crippen molar-refractivity contribution in [1.29, 1.82) is 0 Å². The predicted molar refractivity (Wildman–Crippen MR) is 115 cm³/mol. The van der Waals surface area contributed by atoms with E-state index in [0.29, 0.717) is 24.3 Å². The highest BCUT2D eigenvalue weighted by atomic mass is 16.2. The second-order valence-corrected chi connectivity index (χ2v) is 7.67. The van der Waals surface area contributed by atoms with E-state index in [0.717, 1.165) is 29.0 Å². The number of aryl methyl sites for hydroxylation is 1. The molecule has 0 radical (unpaired) electrons. The Hall–Kier alpha value is -2.93. The van der Waals surface area contributed by atoms with Gasteiger partial charge in [0.1, 0.15) is 5.82 Å². The first kappa shape index (κ1) is 19.4. The lowest BCUT2D eigenvalue weighted by Gasteiger charge is -2.26. The van der Waals surface area contributed by atoms with Gasteiger partial charge in [0.15, 0.2) is 11.2 Å². The van der Waals surface area contributed by atoms with Gasteiger partial charge >= 0.3 is 5.69 Å². The van der Waals surface area contributed by atoms with E-state index >= 15 is 0 Å². The van der Waals surface area contributed by atoms with Crippen LogP contribution in [0.3, 0.4) is 0 Å². The molecule has 0 atom stereocenters. The highest BCUT2D eigenvalue weighted by Crippen LogP contribution is 2.17. The maximum Gasteiger partial charge on any atom is 0.332 e. The Morgan fingerprint density at radius 2 is 1.72 bits per heavy atom. The van der Waals surface area contributed by atoms with Crippen LogP contribution >= 0.6 is 0 Å². The largest absolute Gasteiger partial charge is 0.332 e. The molecule has 0 saturated carbocycles. The zero-order valence-electron chi connectivity index (χ0n) is 17.0. The van der Waals surface area contributed by atoms with E-state index in [1.807, 2.05) is 47.1 Å². The van der Waals surface area contributed by atoms with Gasteiger partial charge in [0.2, 0.25) is 0 Å². The molecule has 1 aliphatic rings. The number of piperidine rings is 1. The fourth-order valence-electron chi connectivity index (χ4n) is 3.98. The molecule has 0 bridgehead atoms. The molecule has 4 rings (SSSR count). The van der Waals surface area contributed by atoms with Crippen molar-refractivity contribution in [3.63, 3.8) is 0 Å². The molecule has 0 aliphatic carbocycles. The van der Waals surface area contributed by atoms with Gasteiger partial charge in [0, 0.05) is 20.6 Å². The van der Waals surface area contributed by atoms with E-state index in [-0.39, 0.29) is 11.2 Å². The number of allylic oxidation sites excluding steroid dienone is 1. The number of aromatic nitrogens is 4. The zero-order chi connectivity index (χ0) is 20.4. The minimum Gasteiger partial charge on any atom is -0.317 e. The Bertz CT molecular complexity index is 1150. The van der Waals surface area contributed by atoms with Gasteiger partial charge in [0.05, 0.1) is 6.54 Å². The first-order chi connectivity index (χ1) is 14.1. The Kier molecular flexibility index (Phi) is 5.49. The van der Waals surface area contributed by atoms with E-state index in [1.54, 1.807) is 7.05 Å². The quantitative estimate of drug-likeness (QED) is 0.666. The normalized spacial score (nSPS) is 15.5. The van der Waals surface area contributed by atoms with Gasteiger partial charge in [-0.2, -0.15) is 0 Å². The van der Waals surface area contributed by atoms with Crippen molar-refractivity contribution in [3.8, 4) is 0 Å². The predicted octanol–water partition coefficient (Wildman–Crippen LogP) is 2.13. The highest BCUT2D eigenvalue weighted by Gasteiger charge is 2.20. The SMILES string of the molecule is Cn1c(=O)c2c(nc(CN3CCCCC3)n2C/C=C/c2ccccc2)n(C)c1=O. The molecule has 7 heteroatoms. The third-order valence-electron chi connectivity index (χ3n) is 5.64. The number of nitrogens with zero attached hydrogens (tertiary/aromatic N) is 5. The van der Waals surface area contributed by atoms with E-state index in [9.17, 15) is 9.59 Å². The molecule has 0 N–H and O–H groups in total. The summed E-state index contributed by atoms with van der Waals surface area (Å²) < 4.78 is 4.59. The van der Waals surface area contributed by atoms with Crippen LogP contribution in [0.25, 0.3) is 17.2 Å². The lowest BCUT2D eigenvalue weighted by Crippen LogP contribution is -2.37. The molecule has 1 aliphatic heterocycles. The van der Waals surface area contributed by atoms with Crippen LogP contribution in [0.2, 0.25) is 0 Å². The summed E-state index contributed by atoms with van der Waals surface area (Å²) in [6.45, 7) is 3.30. The molecule has 7 nitrogen and oxygen atoms in total. The van der Waals surface area contributed by atoms with Crippen molar-refractivity contribution in [2.75, 3.05) is 13.1 Å². The molecule has 0 amide bonds. The molecule has 152 valence electrons. The molecular formula is C22H27N5O2. The zero-order valence-corrected chi connectivity index (χ0v) is 17.0. The van der Waals surface area contributed by atoms with Gasteiger partial charge < -0.3 is 4.57 Å². The second kappa shape index (κ2) is 8.21. The lowest BCUT2D eigenvalue weighted by atomic mass is 10.1. The van der Waals surface area contributed by atoms with E-state index in [4.69, 9.17) is 4.98 Å². The fraction of sp³-hybridized carbons (Fsp3) is 0.409. The maximum absolute atomic E-state index is 12.9. The molecular weight excluding hydrogens is 366 g/mol. The van der Waals surface area contributed by atoms with Crippen molar-refractivity contribution in [2.45, 2.75) is 32.4 Å². The summed E-state index contributed by atoms with van der Waals surface area (Å²) >= 11 is 0. The smallest absolute Gasteiger partial charge is 0.317 e. The minimum absolute atomic E-state index is 0.298. The van der Waals surface area contributed by atoms with Crippen LogP contribution in [0.15, 0.2) is 46.0 Å². The number of benzene rings is 1. The Balaban J connectivity index is 1.77. The van der Waals surface area contributed by atoms with Crippen LogP contribution in [-0.2, 0) is 27.2 Å². The standard InChI is InChI=1S/C22H27N5O2/c1-24-20-19(21(28)25(2)22(24)29)27(15-9-12-17-10-5-3-6-11-17)18(23-20)16-26-13-7-4-8-14-26/h3,5-6,9-12H,4,7-8,13-16H2,1-2H3/b12-9+. The Morgan fingerprint density at radius 1 is 1.00 bits per heavy atom. The number of rotatable bonds is 5. The van der Waals surface area contributed by atoms with Gasteiger partial charge in [-0.3, -0.25) is 18.8 Å². The van der Waals surface area contributed by atoms with Crippen molar-refractivity contribution in [3.05, 3.63) is 68.6 Å². The number of fused-ring (bicyclic) bond motifs is 1. The lowest BCUT2D eigenvalue weighted by molar-refractivity contribution is 0.214. The average molecular weight is 393 g/mol. The van der Waals surface area contributed by atoms with Gasteiger partial charge in [-0.15, -0.1) is 0 Å². The van der Waals surface area contributed by atoms with Crippen molar-refractivity contribution in [2.24, 2.45) is 14.1 Å². The summed E-state index contributed by atoms with van der Waals surface area (Å²) in [7, 11) is 3.19. The summed E-state index contributed by atoms with van der Waals surface area (Å²) in [4.78, 5) is 32.4. The van der Waals surface area contributed by atoms with Crippen LogP contribution in [0.4, 0.5) is 0 Å². The average Bonchev–Trinajstić information content (AvgIpc) is 3.10. The van der Waals surface area contributed by atoms with Crippen LogP contribution in [-0.4, -0.2) is 36.7 Å².